The van der Waals surface area contributed by atoms with E-state index in [0.29, 0.717) is 21.7 Å². The van der Waals surface area contributed by atoms with Crippen molar-refractivity contribution in [3.8, 4) is 10.6 Å². The Labute approximate surface area is 129 Å². The summed E-state index contributed by atoms with van der Waals surface area (Å²) in [4.78, 5) is 0. The number of benzene rings is 1. The van der Waals surface area contributed by atoms with Gasteiger partial charge in [-0.25, -0.2) is 4.39 Å². The molecule has 0 bridgehead atoms. The Hall–Kier alpha value is -0.890. The summed E-state index contributed by atoms with van der Waals surface area (Å²) in [7, 11) is 1.67. The summed E-state index contributed by atoms with van der Waals surface area (Å²) in [6.45, 7) is 2.30. The molecule has 0 fully saturated rings. The van der Waals surface area contributed by atoms with Crippen molar-refractivity contribution in [1.29, 1.82) is 0 Å². The van der Waals surface area contributed by atoms with Crippen LogP contribution in [-0.4, -0.2) is 37.0 Å². The molecular weight excluding hydrogens is 345 g/mol. The fraction of sp³-hybridized carbons (Fsp3) is 0.385. The molecule has 0 radical (unpaired) electrons. The van der Waals surface area contributed by atoms with Crippen molar-refractivity contribution in [2.24, 2.45) is 0 Å². The number of nitrogens with zero attached hydrogens (tertiary/aromatic N) is 2. The van der Waals surface area contributed by atoms with Crippen molar-refractivity contribution in [1.82, 2.24) is 15.5 Å². The predicted octanol–water partition coefficient (Wildman–Crippen LogP) is 2.89. The maximum Gasteiger partial charge on any atom is 0.150 e. The van der Waals surface area contributed by atoms with Gasteiger partial charge in [0, 0.05) is 36.7 Å². The van der Waals surface area contributed by atoms with Gasteiger partial charge in [0.1, 0.15) is 10.8 Å². The molecule has 0 spiro atoms. The molecule has 0 aliphatic carbocycles. The second kappa shape index (κ2) is 7.78. The van der Waals surface area contributed by atoms with E-state index in [1.54, 1.807) is 19.2 Å². The van der Waals surface area contributed by atoms with Crippen LogP contribution in [0.3, 0.4) is 0 Å². The third-order valence-corrected chi connectivity index (χ3v) is 4.14. The number of halogens is 2. The van der Waals surface area contributed by atoms with E-state index in [-0.39, 0.29) is 5.82 Å². The zero-order chi connectivity index (χ0) is 14.4. The zero-order valence-corrected chi connectivity index (χ0v) is 13.4. The molecule has 1 heterocycles. The van der Waals surface area contributed by atoms with E-state index in [0.717, 1.165) is 24.5 Å². The van der Waals surface area contributed by atoms with Crippen LogP contribution in [0.5, 0.6) is 0 Å². The van der Waals surface area contributed by atoms with Gasteiger partial charge in [0.15, 0.2) is 5.01 Å². The summed E-state index contributed by atoms with van der Waals surface area (Å²) in [5, 5.41) is 12.9. The number of hydrogen-bond acceptors (Lipinski definition) is 5. The Morgan fingerprint density at radius 2 is 2.20 bits per heavy atom. The van der Waals surface area contributed by atoms with E-state index in [4.69, 9.17) is 4.74 Å². The molecule has 20 heavy (non-hydrogen) atoms. The second-order valence-corrected chi connectivity index (χ2v) is 6.10. The molecule has 0 saturated carbocycles. The Morgan fingerprint density at radius 1 is 1.35 bits per heavy atom. The first-order valence-electron chi connectivity index (χ1n) is 6.18. The summed E-state index contributed by atoms with van der Waals surface area (Å²) >= 11 is 4.66. The lowest BCUT2D eigenvalue weighted by Gasteiger charge is -2.01. The van der Waals surface area contributed by atoms with Crippen LogP contribution in [0.25, 0.3) is 10.6 Å². The number of aromatic nitrogens is 2. The minimum Gasteiger partial charge on any atom is -0.383 e. The zero-order valence-electron chi connectivity index (χ0n) is 11.0. The van der Waals surface area contributed by atoms with Gasteiger partial charge in [-0.2, -0.15) is 0 Å². The highest BCUT2D eigenvalue weighted by Crippen LogP contribution is 2.28. The highest BCUT2D eigenvalue weighted by Gasteiger charge is 2.11. The summed E-state index contributed by atoms with van der Waals surface area (Å²) in [5.74, 6) is -0.291. The molecule has 2 aromatic rings. The quantitative estimate of drug-likeness (QED) is 0.772. The number of ether oxygens (including phenoxy) is 1. The van der Waals surface area contributed by atoms with Gasteiger partial charge in [-0.15, -0.1) is 10.2 Å². The first-order chi connectivity index (χ1) is 9.70. The van der Waals surface area contributed by atoms with Crippen molar-refractivity contribution >= 4 is 27.3 Å². The monoisotopic (exact) mass is 359 g/mol. The minimum absolute atomic E-state index is 0.291. The maximum atomic E-state index is 13.8. The lowest BCUT2D eigenvalue weighted by Crippen LogP contribution is -2.21. The Bertz CT molecular complexity index is 564. The highest BCUT2D eigenvalue weighted by molar-refractivity contribution is 9.10. The second-order valence-electron chi connectivity index (χ2n) is 4.12. The topological polar surface area (TPSA) is 47.0 Å². The van der Waals surface area contributed by atoms with Crippen LogP contribution >= 0.6 is 27.3 Å². The number of methoxy groups -OCH3 is 1. The maximum absolute atomic E-state index is 13.8. The number of rotatable bonds is 7. The number of hydrogen-bond donors (Lipinski definition) is 1. The molecule has 0 aliphatic heterocycles. The predicted molar refractivity (Wildman–Crippen MR) is 81.5 cm³/mol. The van der Waals surface area contributed by atoms with Gasteiger partial charge in [0.2, 0.25) is 0 Å². The lowest BCUT2D eigenvalue weighted by molar-refractivity contribution is 0.199. The van der Waals surface area contributed by atoms with Gasteiger partial charge in [-0.05, 0) is 18.2 Å². The highest BCUT2D eigenvalue weighted by atomic mass is 79.9. The van der Waals surface area contributed by atoms with Gasteiger partial charge in [-0.3, -0.25) is 0 Å². The van der Waals surface area contributed by atoms with E-state index >= 15 is 0 Å². The van der Waals surface area contributed by atoms with Crippen LogP contribution in [0.15, 0.2) is 22.7 Å². The van der Waals surface area contributed by atoms with Crippen molar-refractivity contribution < 1.29 is 9.13 Å². The molecule has 7 heteroatoms. The summed E-state index contributed by atoms with van der Waals surface area (Å²) in [6.07, 6.45) is 0.777. The Morgan fingerprint density at radius 3 is 2.95 bits per heavy atom. The smallest absolute Gasteiger partial charge is 0.150 e. The molecule has 0 amide bonds. The van der Waals surface area contributed by atoms with E-state index in [2.05, 4.69) is 31.4 Å². The molecule has 0 aliphatic rings. The standard InChI is InChI=1S/C13H15BrFN3OS/c1-19-7-6-16-5-4-12-17-18-13(20-12)10-3-2-9(14)8-11(10)15/h2-3,8,16H,4-7H2,1H3. The Balaban J connectivity index is 1.95. The molecule has 4 nitrogen and oxygen atoms in total. The molecule has 1 aromatic carbocycles. The van der Waals surface area contributed by atoms with E-state index in [1.807, 2.05) is 0 Å². The van der Waals surface area contributed by atoms with Gasteiger partial charge in [-0.1, -0.05) is 27.3 Å². The summed E-state index contributed by atoms with van der Waals surface area (Å²) in [5.41, 5.74) is 0.490. The molecule has 108 valence electrons. The van der Waals surface area contributed by atoms with Crippen molar-refractivity contribution in [2.75, 3.05) is 26.8 Å². The van der Waals surface area contributed by atoms with Crippen molar-refractivity contribution in [3.63, 3.8) is 0 Å². The lowest BCUT2D eigenvalue weighted by atomic mass is 10.2. The fourth-order valence-electron chi connectivity index (χ4n) is 1.62. The summed E-state index contributed by atoms with van der Waals surface area (Å²) < 4.78 is 19.5. The van der Waals surface area contributed by atoms with Gasteiger partial charge in [0.25, 0.3) is 0 Å². The normalized spacial score (nSPS) is 10.9. The molecular formula is C13H15BrFN3OS. The third kappa shape index (κ3) is 4.31. The van der Waals surface area contributed by atoms with Crippen LogP contribution in [0.4, 0.5) is 4.39 Å². The summed E-state index contributed by atoms with van der Waals surface area (Å²) in [6, 6.07) is 4.94. The average Bonchev–Trinajstić information content (AvgIpc) is 2.87. The van der Waals surface area contributed by atoms with Crippen LogP contribution < -0.4 is 5.32 Å². The molecule has 0 unspecified atom stereocenters. The van der Waals surface area contributed by atoms with Crippen molar-refractivity contribution in [3.05, 3.63) is 33.5 Å². The van der Waals surface area contributed by atoms with Gasteiger partial charge < -0.3 is 10.1 Å². The van der Waals surface area contributed by atoms with Crippen LogP contribution in [0.2, 0.25) is 0 Å². The third-order valence-electron chi connectivity index (χ3n) is 2.63. The molecule has 0 atom stereocenters. The van der Waals surface area contributed by atoms with Crippen molar-refractivity contribution in [2.45, 2.75) is 6.42 Å². The largest absolute Gasteiger partial charge is 0.383 e. The van der Waals surface area contributed by atoms with E-state index in [1.165, 1.54) is 17.4 Å². The van der Waals surface area contributed by atoms with Crippen LogP contribution in [-0.2, 0) is 11.2 Å². The molecule has 0 saturated heterocycles. The van der Waals surface area contributed by atoms with Crippen LogP contribution in [0, 0.1) is 5.82 Å². The first kappa shape index (κ1) is 15.5. The molecule has 1 aromatic heterocycles. The first-order valence-corrected chi connectivity index (χ1v) is 7.79. The van der Waals surface area contributed by atoms with E-state index < -0.39 is 0 Å². The minimum atomic E-state index is -0.291. The van der Waals surface area contributed by atoms with E-state index in [9.17, 15) is 4.39 Å². The van der Waals surface area contributed by atoms with Crippen LogP contribution in [0.1, 0.15) is 5.01 Å². The van der Waals surface area contributed by atoms with Gasteiger partial charge in [0.05, 0.1) is 6.61 Å². The fourth-order valence-corrected chi connectivity index (χ4v) is 2.82. The SMILES string of the molecule is COCCNCCc1nnc(-c2ccc(Br)cc2F)s1. The molecule has 2 rings (SSSR count). The number of nitrogens with one attached hydrogen (secondary N) is 1. The molecule has 1 N–H and O–H groups in total. The average molecular weight is 360 g/mol. The van der Waals surface area contributed by atoms with Gasteiger partial charge >= 0.3 is 0 Å². The Kier molecular flexibility index (Phi) is 6.03.